The summed E-state index contributed by atoms with van der Waals surface area (Å²) in [5.74, 6) is 0. The Kier molecular flexibility index (Phi) is 3.50. The maximum Gasteiger partial charge on any atom is 0.0479 e. The van der Waals surface area contributed by atoms with Gasteiger partial charge in [0.2, 0.25) is 0 Å². The predicted octanol–water partition coefficient (Wildman–Crippen LogP) is 3.40. The van der Waals surface area contributed by atoms with Gasteiger partial charge in [-0.25, -0.2) is 0 Å². The minimum Gasteiger partial charge on any atom is -0.321 e. The van der Waals surface area contributed by atoms with E-state index in [1.54, 1.807) is 6.08 Å². The zero-order valence-electron chi connectivity index (χ0n) is 6.43. The second kappa shape index (κ2) is 4.21. The lowest BCUT2D eigenvalue weighted by molar-refractivity contribution is 0.912. The lowest BCUT2D eigenvalue weighted by Gasteiger charge is -2.07. The van der Waals surface area contributed by atoms with Crippen LogP contribution in [0.4, 0.5) is 0 Å². The molecule has 1 aromatic carbocycles. The third kappa shape index (κ3) is 2.44. The molecule has 0 bridgehead atoms. The molecule has 1 nitrogen and oxygen atoms in total. The fraction of sp³-hybridized carbons (Fsp3) is 0.111. The van der Waals surface area contributed by atoms with Crippen molar-refractivity contribution < 1.29 is 0 Å². The van der Waals surface area contributed by atoms with E-state index in [1.807, 2.05) is 18.2 Å². The van der Waals surface area contributed by atoms with Crippen molar-refractivity contribution in [2.45, 2.75) is 6.04 Å². The van der Waals surface area contributed by atoms with E-state index in [9.17, 15) is 0 Å². The second-order valence-electron chi connectivity index (χ2n) is 2.46. The topological polar surface area (TPSA) is 26.0 Å². The van der Waals surface area contributed by atoms with Crippen LogP contribution in [-0.4, -0.2) is 0 Å². The second-order valence-corrected chi connectivity index (χ2v) is 4.30. The van der Waals surface area contributed by atoms with E-state index in [1.165, 1.54) is 0 Å². The van der Waals surface area contributed by atoms with Gasteiger partial charge in [0, 0.05) is 15.0 Å². The first kappa shape index (κ1) is 9.96. The summed E-state index contributed by atoms with van der Waals surface area (Å²) < 4.78 is 2.04. The summed E-state index contributed by atoms with van der Waals surface area (Å²) in [6.45, 7) is 3.64. The first-order valence-electron chi connectivity index (χ1n) is 3.47. The molecule has 0 saturated carbocycles. The molecule has 1 unspecified atom stereocenters. The Bertz CT molecular complexity index is 276. The largest absolute Gasteiger partial charge is 0.321 e. The summed E-state index contributed by atoms with van der Waals surface area (Å²) in [5, 5.41) is 0. The van der Waals surface area contributed by atoms with Gasteiger partial charge in [-0.2, -0.15) is 0 Å². The Balaban J connectivity index is 3.08. The molecule has 0 aliphatic carbocycles. The van der Waals surface area contributed by atoms with Gasteiger partial charge in [-0.15, -0.1) is 6.58 Å². The van der Waals surface area contributed by atoms with E-state index in [0.717, 1.165) is 14.5 Å². The van der Waals surface area contributed by atoms with Crippen LogP contribution in [-0.2, 0) is 0 Å². The summed E-state index contributed by atoms with van der Waals surface area (Å²) in [7, 11) is 0. The first-order chi connectivity index (χ1) is 5.63. The molecule has 0 spiro atoms. The summed E-state index contributed by atoms with van der Waals surface area (Å²) >= 11 is 6.78. The van der Waals surface area contributed by atoms with E-state index in [-0.39, 0.29) is 6.04 Å². The van der Waals surface area contributed by atoms with Crippen LogP contribution in [0.1, 0.15) is 11.6 Å². The molecule has 0 radical (unpaired) electrons. The Labute approximate surface area is 88.9 Å². The van der Waals surface area contributed by atoms with Crippen molar-refractivity contribution in [3.05, 3.63) is 45.4 Å². The van der Waals surface area contributed by atoms with Gasteiger partial charge < -0.3 is 5.73 Å². The van der Waals surface area contributed by atoms with Crippen LogP contribution in [0.15, 0.2) is 39.8 Å². The smallest absolute Gasteiger partial charge is 0.0479 e. The Hall–Kier alpha value is -0.120. The Morgan fingerprint density at radius 1 is 1.25 bits per heavy atom. The molecule has 1 rings (SSSR count). The first-order valence-corrected chi connectivity index (χ1v) is 5.06. The minimum atomic E-state index is -0.0983. The van der Waals surface area contributed by atoms with Crippen LogP contribution in [0.3, 0.4) is 0 Å². The van der Waals surface area contributed by atoms with E-state index < -0.39 is 0 Å². The van der Waals surface area contributed by atoms with Crippen LogP contribution < -0.4 is 5.73 Å². The zero-order chi connectivity index (χ0) is 9.14. The highest BCUT2D eigenvalue weighted by molar-refractivity contribution is 9.11. The number of halogens is 2. The van der Waals surface area contributed by atoms with E-state index in [0.29, 0.717) is 0 Å². The molecule has 1 atom stereocenters. The molecule has 0 amide bonds. The summed E-state index contributed by atoms with van der Waals surface area (Å²) in [4.78, 5) is 0. The van der Waals surface area contributed by atoms with Gasteiger partial charge in [-0.1, -0.05) is 37.9 Å². The molecule has 0 saturated heterocycles. The van der Waals surface area contributed by atoms with Crippen LogP contribution in [0.25, 0.3) is 0 Å². The minimum absolute atomic E-state index is 0.0983. The van der Waals surface area contributed by atoms with Gasteiger partial charge in [0.1, 0.15) is 0 Å². The SMILES string of the molecule is C=CC(N)c1cc(Br)cc(Br)c1. The third-order valence-corrected chi connectivity index (χ3v) is 2.44. The van der Waals surface area contributed by atoms with Gasteiger partial charge >= 0.3 is 0 Å². The van der Waals surface area contributed by atoms with E-state index in [4.69, 9.17) is 5.73 Å². The van der Waals surface area contributed by atoms with E-state index >= 15 is 0 Å². The monoisotopic (exact) mass is 289 g/mol. The lowest BCUT2D eigenvalue weighted by Crippen LogP contribution is -2.06. The average Bonchev–Trinajstić information content (AvgIpc) is 2.01. The average molecular weight is 291 g/mol. The molecule has 3 heteroatoms. The molecule has 0 aliphatic heterocycles. The van der Waals surface area contributed by atoms with Crippen molar-refractivity contribution in [3.63, 3.8) is 0 Å². The molecule has 1 aromatic rings. The van der Waals surface area contributed by atoms with Crippen molar-refractivity contribution in [2.75, 3.05) is 0 Å². The van der Waals surface area contributed by atoms with Crippen molar-refractivity contribution in [2.24, 2.45) is 5.73 Å². The van der Waals surface area contributed by atoms with Crippen molar-refractivity contribution in [1.82, 2.24) is 0 Å². The maximum atomic E-state index is 5.77. The molecule has 12 heavy (non-hydrogen) atoms. The highest BCUT2D eigenvalue weighted by Crippen LogP contribution is 2.23. The van der Waals surface area contributed by atoms with Crippen molar-refractivity contribution in [1.29, 1.82) is 0 Å². The molecular weight excluding hydrogens is 282 g/mol. The molecule has 64 valence electrons. The molecule has 2 N–H and O–H groups in total. The van der Waals surface area contributed by atoms with Gasteiger partial charge in [0.15, 0.2) is 0 Å². The Morgan fingerprint density at radius 3 is 2.17 bits per heavy atom. The van der Waals surface area contributed by atoms with Crippen molar-refractivity contribution >= 4 is 31.9 Å². The number of nitrogens with two attached hydrogens (primary N) is 1. The molecule has 0 fully saturated rings. The fourth-order valence-corrected chi connectivity index (χ4v) is 2.23. The van der Waals surface area contributed by atoms with Gasteiger partial charge in [-0.3, -0.25) is 0 Å². The maximum absolute atomic E-state index is 5.77. The number of benzene rings is 1. The number of hydrogen-bond donors (Lipinski definition) is 1. The normalized spacial score (nSPS) is 12.6. The summed E-state index contributed by atoms with van der Waals surface area (Å²) in [5.41, 5.74) is 6.82. The van der Waals surface area contributed by atoms with Crippen LogP contribution in [0, 0.1) is 0 Å². The van der Waals surface area contributed by atoms with Crippen LogP contribution in [0.5, 0.6) is 0 Å². The zero-order valence-corrected chi connectivity index (χ0v) is 9.60. The van der Waals surface area contributed by atoms with E-state index in [2.05, 4.69) is 38.4 Å². The highest BCUT2D eigenvalue weighted by atomic mass is 79.9. The third-order valence-electron chi connectivity index (χ3n) is 1.52. The quantitative estimate of drug-likeness (QED) is 0.830. The highest BCUT2D eigenvalue weighted by Gasteiger charge is 2.02. The van der Waals surface area contributed by atoms with Crippen LogP contribution >= 0.6 is 31.9 Å². The lowest BCUT2D eigenvalue weighted by atomic mass is 10.1. The molecular formula is C9H9Br2N. The van der Waals surface area contributed by atoms with Gasteiger partial charge in [0.05, 0.1) is 0 Å². The summed E-state index contributed by atoms with van der Waals surface area (Å²) in [6.07, 6.45) is 1.72. The molecule has 0 aliphatic rings. The molecule has 0 heterocycles. The van der Waals surface area contributed by atoms with Crippen LogP contribution in [0.2, 0.25) is 0 Å². The van der Waals surface area contributed by atoms with Gasteiger partial charge in [-0.05, 0) is 23.8 Å². The van der Waals surface area contributed by atoms with Gasteiger partial charge in [0.25, 0.3) is 0 Å². The fourth-order valence-electron chi connectivity index (χ4n) is 0.904. The number of hydrogen-bond acceptors (Lipinski definition) is 1. The predicted molar refractivity (Wildman–Crippen MR) is 59.0 cm³/mol. The summed E-state index contributed by atoms with van der Waals surface area (Å²) in [6, 6.07) is 5.84. The van der Waals surface area contributed by atoms with Crippen molar-refractivity contribution in [3.8, 4) is 0 Å². The molecule has 0 aromatic heterocycles. The standard InChI is InChI=1S/C9H9Br2N/c1-2-9(12)6-3-7(10)5-8(11)4-6/h2-5,9H,1,12H2. The Morgan fingerprint density at radius 2 is 1.75 bits per heavy atom. The number of rotatable bonds is 2.